The van der Waals surface area contributed by atoms with Crippen LogP contribution in [-0.4, -0.2) is 48.7 Å². The number of ether oxygens (including phenoxy) is 2. The summed E-state index contributed by atoms with van der Waals surface area (Å²) in [6, 6.07) is 7.73. The lowest BCUT2D eigenvalue weighted by Crippen LogP contribution is -2.37. The summed E-state index contributed by atoms with van der Waals surface area (Å²) in [5, 5.41) is 4.82. The zero-order chi connectivity index (χ0) is 20.1. The van der Waals surface area contributed by atoms with Crippen LogP contribution in [0.15, 0.2) is 29.1 Å². The molecule has 0 aliphatic carbocycles. The summed E-state index contributed by atoms with van der Waals surface area (Å²) in [6.45, 7) is 7.64. The van der Waals surface area contributed by atoms with Gasteiger partial charge in [-0.15, -0.1) is 0 Å². The summed E-state index contributed by atoms with van der Waals surface area (Å²) in [5.74, 6) is -0.307. The fourth-order valence-electron chi connectivity index (χ4n) is 4.60. The lowest BCUT2D eigenvalue weighted by Gasteiger charge is -2.33. The molecule has 0 saturated carbocycles. The van der Waals surface area contributed by atoms with Crippen LogP contribution in [-0.2, 0) is 16.0 Å². The van der Waals surface area contributed by atoms with E-state index in [0.29, 0.717) is 31.9 Å². The molecule has 7 nitrogen and oxygen atoms in total. The number of nitrogens with zero attached hydrogens (tertiary/aromatic N) is 2. The van der Waals surface area contributed by atoms with E-state index in [4.69, 9.17) is 9.47 Å². The van der Waals surface area contributed by atoms with E-state index < -0.39 is 0 Å². The predicted octanol–water partition coefficient (Wildman–Crippen LogP) is 2.68. The highest BCUT2D eigenvalue weighted by atomic mass is 16.5. The molecule has 3 aromatic rings. The van der Waals surface area contributed by atoms with E-state index in [2.05, 4.69) is 16.1 Å². The summed E-state index contributed by atoms with van der Waals surface area (Å²) in [4.78, 5) is 27.1. The second kappa shape index (κ2) is 6.77. The molecule has 1 saturated heterocycles. The number of hydrogen-bond donors (Lipinski definition) is 1. The van der Waals surface area contributed by atoms with Gasteiger partial charge in [-0.05, 0) is 42.3 Å². The SMILES string of the molecule is CCOC(=O)c1c(C)cc2c3c(c(N4CCOCC4)ccc13)Cn1[nH]c(=O)cc1-2. The van der Waals surface area contributed by atoms with E-state index in [1.165, 1.54) is 0 Å². The number of aryl methyl sites for hydroxylation is 1. The monoisotopic (exact) mass is 393 g/mol. The predicted molar refractivity (Wildman–Crippen MR) is 111 cm³/mol. The molecule has 0 spiro atoms. The summed E-state index contributed by atoms with van der Waals surface area (Å²) in [7, 11) is 0. The van der Waals surface area contributed by atoms with Gasteiger partial charge in [-0.3, -0.25) is 14.6 Å². The minimum Gasteiger partial charge on any atom is -0.462 e. The molecule has 0 radical (unpaired) electrons. The van der Waals surface area contributed by atoms with Gasteiger partial charge in [-0.1, -0.05) is 6.07 Å². The number of rotatable bonds is 3. The fourth-order valence-corrected chi connectivity index (χ4v) is 4.60. The Hall–Kier alpha value is -3.06. The number of aromatic nitrogens is 2. The number of carbonyl (C=O) groups excluding carboxylic acids is 1. The maximum Gasteiger partial charge on any atom is 0.339 e. The molecule has 0 atom stereocenters. The molecule has 0 unspecified atom stereocenters. The minimum absolute atomic E-state index is 0.124. The standard InChI is InChI=1S/C22H23N3O4/c1-3-29-22(27)20-13(2)10-15-18-11-19(26)23-25(18)12-16-17(5-4-14(20)21(15)16)24-6-8-28-9-7-24/h4-5,10-11H,3,6-9,12H2,1-2H3,(H,23,26). The maximum atomic E-state index is 12.7. The number of esters is 1. The number of anilines is 1. The van der Waals surface area contributed by atoms with Crippen molar-refractivity contribution in [3.05, 3.63) is 51.3 Å². The number of fused-ring (bicyclic) bond motifs is 2. The maximum absolute atomic E-state index is 12.7. The van der Waals surface area contributed by atoms with E-state index in [1.807, 2.05) is 30.7 Å². The summed E-state index contributed by atoms with van der Waals surface area (Å²) < 4.78 is 12.8. The molecule has 1 N–H and O–H groups in total. The highest BCUT2D eigenvalue weighted by molar-refractivity contribution is 6.13. The first-order valence-corrected chi connectivity index (χ1v) is 9.97. The Morgan fingerprint density at radius 2 is 2.03 bits per heavy atom. The summed E-state index contributed by atoms with van der Waals surface area (Å²) in [6.07, 6.45) is 0. The molecule has 7 heteroatoms. The molecule has 1 aromatic heterocycles. The number of H-pyrrole nitrogens is 1. The molecule has 1 fully saturated rings. The van der Waals surface area contributed by atoms with E-state index >= 15 is 0 Å². The van der Waals surface area contributed by atoms with Gasteiger partial charge < -0.3 is 14.4 Å². The average molecular weight is 393 g/mol. The van der Waals surface area contributed by atoms with Crippen molar-refractivity contribution in [2.45, 2.75) is 20.4 Å². The van der Waals surface area contributed by atoms with Crippen LogP contribution in [0.1, 0.15) is 28.4 Å². The van der Waals surface area contributed by atoms with Crippen molar-refractivity contribution in [3.63, 3.8) is 0 Å². The Balaban J connectivity index is 1.82. The molecule has 29 heavy (non-hydrogen) atoms. The van der Waals surface area contributed by atoms with Crippen molar-refractivity contribution < 1.29 is 14.3 Å². The Labute approximate surface area is 167 Å². The highest BCUT2D eigenvalue weighted by Crippen LogP contribution is 2.42. The molecular weight excluding hydrogens is 370 g/mol. The number of aromatic amines is 1. The highest BCUT2D eigenvalue weighted by Gasteiger charge is 2.28. The van der Waals surface area contributed by atoms with Crippen molar-refractivity contribution in [1.82, 2.24) is 9.78 Å². The lowest BCUT2D eigenvalue weighted by atomic mass is 9.88. The van der Waals surface area contributed by atoms with Crippen LogP contribution >= 0.6 is 0 Å². The molecule has 5 rings (SSSR count). The molecule has 2 aliphatic rings. The second-order valence-corrected chi connectivity index (χ2v) is 7.51. The minimum atomic E-state index is -0.307. The van der Waals surface area contributed by atoms with Gasteiger partial charge in [-0.25, -0.2) is 4.79 Å². The van der Waals surface area contributed by atoms with E-state index in [1.54, 1.807) is 6.07 Å². The van der Waals surface area contributed by atoms with E-state index in [0.717, 1.165) is 51.9 Å². The normalized spacial score (nSPS) is 15.4. The van der Waals surface area contributed by atoms with Gasteiger partial charge in [0.25, 0.3) is 5.56 Å². The first-order valence-electron chi connectivity index (χ1n) is 9.97. The first-order chi connectivity index (χ1) is 14.1. The Kier molecular flexibility index (Phi) is 4.20. The van der Waals surface area contributed by atoms with Crippen LogP contribution in [0.5, 0.6) is 0 Å². The van der Waals surface area contributed by atoms with Crippen LogP contribution in [0, 0.1) is 6.92 Å². The average Bonchev–Trinajstić information content (AvgIpc) is 3.09. The van der Waals surface area contributed by atoms with Crippen molar-refractivity contribution in [2.24, 2.45) is 0 Å². The van der Waals surface area contributed by atoms with Crippen LogP contribution < -0.4 is 10.5 Å². The molecule has 3 heterocycles. The topological polar surface area (TPSA) is 76.6 Å². The Morgan fingerprint density at radius 1 is 1.24 bits per heavy atom. The van der Waals surface area contributed by atoms with Gasteiger partial charge in [0.15, 0.2) is 0 Å². The fraction of sp³-hybridized carbons (Fsp3) is 0.364. The number of nitrogens with one attached hydrogen (secondary N) is 1. The Bertz CT molecular complexity index is 1180. The van der Waals surface area contributed by atoms with Crippen molar-refractivity contribution in [2.75, 3.05) is 37.8 Å². The molecule has 2 aliphatic heterocycles. The number of carbonyl (C=O) groups is 1. The van der Waals surface area contributed by atoms with Gasteiger partial charge in [-0.2, -0.15) is 0 Å². The third kappa shape index (κ3) is 2.76. The van der Waals surface area contributed by atoms with Crippen molar-refractivity contribution >= 4 is 22.4 Å². The molecule has 0 amide bonds. The van der Waals surface area contributed by atoms with Gasteiger partial charge >= 0.3 is 5.97 Å². The largest absolute Gasteiger partial charge is 0.462 e. The van der Waals surface area contributed by atoms with Crippen molar-refractivity contribution in [1.29, 1.82) is 0 Å². The molecular formula is C22H23N3O4. The summed E-state index contributed by atoms with van der Waals surface area (Å²) >= 11 is 0. The number of benzene rings is 2. The number of hydrogen-bond acceptors (Lipinski definition) is 5. The Morgan fingerprint density at radius 3 is 2.79 bits per heavy atom. The van der Waals surface area contributed by atoms with Crippen LogP contribution in [0.3, 0.4) is 0 Å². The van der Waals surface area contributed by atoms with Gasteiger partial charge in [0, 0.05) is 36.0 Å². The lowest BCUT2D eigenvalue weighted by molar-refractivity contribution is 0.0528. The number of morpholine rings is 1. The van der Waals surface area contributed by atoms with Crippen molar-refractivity contribution in [3.8, 4) is 11.3 Å². The van der Waals surface area contributed by atoms with E-state index in [-0.39, 0.29) is 11.5 Å². The first kappa shape index (κ1) is 18.0. The summed E-state index contributed by atoms with van der Waals surface area (Å²) in [5.41, 5.74) is 5.39. The van der Waals surface area contributed by atoms with Gasteiger partial charge in [0.1, 0.15) is 0 Å². The molecule has 2 aromatic carbocycles. The van der Waals surface area contributed by atoms with Crippen LogP contribution in [0.2, 0.25) is 0 Å². The zero-order valence-electron chi connectivity index (χ0n) is 16.6. The quantitative estimate of drug-likeness (QED) is 0.542. The zero-order valence-corrected chi connectivity index (χ0v) is 16.6. The van der Waals surface area contributed by atoms with E-state index in [9.17, 15) is 9.59 Å². The second-order valence-electron chi connectivity index (χ2n) is 7.51. The third-order valence-electron chi connectivity index (χ3n) is 5.81. The smallest absolute Gasteiger partial charge is 0.339 e. The molecule has 0 bridgehead atoms. The van der Waals surface area contributed by atoms with Gasteiger partial charge in [0.2, 0.25) is 0 Å². The van der Waals surface area contributed by atoms with Crippen LogP contribution in [0.4, 0.5) is 5.69 Å². The third-order valence-corrected chi connectivity index (χ3v) is 5.81. The van der Waals surface area contributed by atoms with Gasteiger partial charge in [0.05, 0.1) is 37.6 Å². The molecule has 150 valence electrons. The van der Waals surface area contributed by atoms with Crippen LogP contribution in [0.25, 0.3) is 22.0 Å².